The van der Waals surface area contributed by atoms with Gasteiger partial charge in [-0.25, -0.2) is 0 Å². The van der Waals surface area contributed by atoms with Gasteiger partial charge < -0.3 is 19.5 Å². The van der Waals surface area contributed by atoms with Gasteiger partial charge in [-0.1, -0.05) is 0 Å². The molecule has 3 heterocycles. The number of fused-ring (bicyclic) bond motifs is 4. The molecule has 2 bridgehead atoms. The average Bonchev–Trinajstić information content (AvgIpc) is 2.89. The van der Waals surface area contributed by atoms with Crippen LogP contribution >= 0.6 is 0 Å². The van der Waals surface area contributed by atoms with E-state index >= 15 is 0 Å². The van der Waals surface area contributed by atoms with Gasteiger partial charge in [0.25, 0.3) is 0 Å². The first-order valence-electron chi connectivity index (χ1n) is 7.47. The number of benzene rings is 1. The summed E-state index contributed by atoms with van der Waals surface area (Å²) in [5.41, 5.74) is 0.712. The normalized spacial score (nSPS) is 38.4. The van der Waals surface area contributed by atoms with Crippen molar-refractivity contribution >= 4 is 0 Å². The van der Waals surface area contributed by atoms with Crippen molar-refractivity contribution in [2.45, 2.75) is 31.0 Å². The van der Waals surface area contributed by atoms with Crippen LogP contribution in [0.15, 0.2) is 18.2 Å². The van der Waals surface area contributed by atoms with Gasteiger partial charge in [-0.05, 0) is 31.2 Å². The topological polar surface area (TPSA) is 41.9 Å². The monoisotopic (exact) mass is 275 g/mol. The average molecular weight is 275 g/mol. The highest BCUT2D eigenvalue weighted by molar-refractivity contribution is 5.44. The first kappa shape index (κ1) is 12.5. The van der Waals surface area contributed by atoms with E-state index in [2.05, 4.69) is 4.90 Å². The predicted octanol–water partition coefficient (Wildman–Crippen LogP) is 1.98. The highest BCUT2D eigenvalue weighted by Gasteiger charge is 2.51. The number of ether oxygens (including phenoxy) is 2. The highest BCUT2D eigenvalue weighted by atomic mass is 16.5. The lowest BCUT2D eigenvalue weighted by Gasteiger charge is -2.47. The summed E-state index contributed by atoms with van der Waals surface area (Å²) in [5, 5.41) is 10.6. The summed E-state index contributed by atoms with van der Waals surface area (Å²) in [4.78, 5) is 2.51. The molecule has 2 fully saturated rings. The summed E-state index contributed by atoms with van der Waals surface area (Å²) in [6.45, 7) is 3.40. The molecule has 1 aromatic carbocycles. The maximum absolute atomic E-state index is 10.6. The van der Waals surface area contributed by atoms with Crippen LogP contribution in [0.3, 0.4) is 0 Å². The number of nitrogens with zero attached hydrogens (tertiary/aromatic N) is 1. The molecule has 4 nitrogen and oxygen atoms in total. The summed E-state index contributed by atoms with van der Waals surface area (Å²) in [6.07, 6.45) is 2.49. The first-order chi connectivity index (χ1) is 9.70. The van der Waals surface area contributed by atoms with E-state index in [9.17, 15) is 5.11 Å². The molecule has 1 spiro atoms. The fraction of sp³-hybridized carbons (Fsp3) is 0.625. The molecular formula is C16H21NO3. The van der Waals surface area contributed by atoms with E-state index in [0.717, 1.165) is 36.6 Å². The van der Waals surface area contributed by atoms with E-state index in [1.807, 2.05) is 18.2 Å². The Labute approximate surface area is 119 Å². The van der Waals surface area contributed by atoms with Gasteiger partial charge in [0.15, 0.2) is 0 Å². The fourth-order valence-electron chi connectivity index (χ4n) is 4.12. The van der Waals surface area contributed by atoms with E-state index in [-0.39, 0.29) is 5.60 Å². The smallest absolute Gasteiger partial charge is 0.126 e. The summed E-state index contributed by atoms with van der Waals surface area (Å²) in [6, 6.07) is 5.75. The van der Waals surface area contributed by atoms with Crippen LogP contribution in [0.1, 0.15) is 30.9 Å². The van der Waals surface area contributed by atoms with Gasteiger partial charge in [0, 0.05) is 37.4 Å². The summed E-state index contributed by atoms with van der Waals surface area (Å²) < 4.78 is 11.7. The van der Waals surface area contributed by atoms with Gasteiger partial charge in [-0.15, -0.1) is 0 Å². The lowest BCUT2D eigenvalue weighted by atomic mass is 9.75. The zero-order valence-corrected chi connectivity index (χ0v) is 11.8. The fourth-order valence-corrected chi connectivity index (χ4v) is 4.12. The third-order valence-electron chi connectivity index (χ3n) is 5.30. The maximum Gasteiger partial charge on any atom is 0.126 e. The van der Waals surface area contributed by atoms with Gasteiger partial charge in [0.2, 0.25) is 0 Å². The van der Waals surface area contributed by atoms with Crippen LogP contribution in [-0.2, 0) is 0 Å². The van der Waals surface area contributed by atoms with Gasteiger partial charge in [0.05, 0.1) is 13.2 Å². The minimum absolute atomic E-state index is 0.159. The molecule has 4 atom stereocenters. The Kier molecular flexibility index (Phi) is 2.72. The summed E-state index contributed by atoms with van der Waals surface area (Å²) >= 11 is 0. The number of hydrogen-bond donors (Lipinski definition) is 1. The van der Waals surface area contributed by atoms with Gasteiger partial charge in [-0.2, -0.15) is 0 Å². The molecule has 4 rings (SSSR count). The minimum atomic E-state index is -0.444. The Balaban J connectivity index is 1.70. The molecule has 1 aromatic rings. The Morgan fingerprint density at radius 2 is 2.30 bits per heavy atom. The second-order valence-corrected chi connectivity index (χ2v) is 6.33. The Morgan fingerprint density at radius 3 is 3.15 bits per heavy atom. The van der Waals surface area contributed by atoms with Crippen molar-refractivity contribution in [3.05, 3.63) is 23.8 Å². The van der Waals surface area contributed by atoms with E-state index in [0.29, 0.717) is 12.3 Å². The van der Waals surface area contributed by atoms with E-state index in [4.69, 9.17) is 9.47 Å². The van der Waals surface area contributed by atoms with Crippen LogP contribution in [0.25, 0.3) is 0 Å². The van der Waals surface area contributed by atoms with E-state index < -0.39 is 6.10 Å². The van der Waals surface area contributed by atoms with Crippen molar-refractivity contribution in [1.82, 2.24) is 4.90 Å². The molecule has 2 saturated heterocycles. The SMILES string of the molecule is COc1ccc2c(c1)C(O)CC1(CCN3CCC1C3)O2. The molecule has 1 N–H and O–H groups in total. The molecule has 4 heteroatoms. The number of methoxy groups -OCH3 is 1. The third kappa shape index (κ3) is 1.75. The zero-order chi connectivity index (χ0) is 13.7. The van der Waals surface area contributed by atoms with Crippen LogP contribution in [0.5, 0.6) is 11.5 Å². The Bertz CT molecular complexity index is 532. The summed E-state index contributed by atoms with van der Waals surface area (Å²) in [5.74, 6) is 2.17. The molecular weight excluding hydrogens is 254 g/mol. The van der Waals surface area contributed by atoms with Crippen molar-refractivity contribution in [3.63, 3.8) is 0 Å². The molecule has 108 valence electrons. The molecule has 20 heavy (non-hydrogen) atoms. The minimum Gasteiger partial charge on any atom is -0.497 e. The van der Waals surface area contributed by atoms with Gasteiger partial charge >= 0.3 is 0 Å². The number of piperidine rings is 1. The second-order valence-electron chi connectivity index (χ2n) is 6.33. The molecule has 4 unspecified atom stereocenters. The molecule has 0 aliphatic carbocycles. The van der Waals surface area contributed by atoms with Gasteiger partial charge in [-0.3, -0.25) is 0 Å². The second kappa shape index (κ2) is 4.37. The largest absolute Gasteiger partial charge is 0.497 e. The third-order valence-corrected chi connectivity index (χ3v) is 5.30. The van der Waals surface area contributed by atoms with Crippen molar-refractivity contribution in [2.75, 3.05) is 26.7 Å². The predicted molar refractivity (Wildman–Crippen MR) is 75.1 cm³/mol. The quantitative estimate of drug-likeness (QED) is 0.851. The van der Waals surface area contributed by atoms with Crippen LogP contribution < -0.4 is 9.47 Å². The molecule has 0 amide bonds. The zero-order valence-electron chi connectivity index (χ0n) is 11.8. The number of aliphatic hydroxyl groups excluding tert-OH is 1. The van der Waals surface area contributed by atoms with Crippen LogP contribution in [-0.4, -0.2) is 42.4 Å². The maximum atomic E-state index is 10.6. The number of rotatable bonds is 1. The molecule has 3 aliphatic rings. The van der Waals surface area contributed by atoms with Crippen molar-refractivity contribution in [3.8, 4) is 11.5 Å². The molecule has 0 aromatic heterocycles. The molecule has 0 radical (unpaired) electrons. The van der Waals surface area contributed by atoms with Crippen molar-refractivity contribution < 1.29 is 14.6 Å². The Morgan fingerprint density at radius 1 is 1.40 bits per heavy atom. The van der Waals surface area contributed by atoms with E-state index in [1.54, 1.807) is 7.11 Å². The standard InChI is InChI=1S/C16H21NO3/c1-19-12-2-3-15-13(8-12)14(18)9-16(20-15)5-7-17-6-4-11(16)10-17/h2-3,8,11,14,18H,4-7,9-10H2,1H3. The van der Waals surface area contributed by atoms with Crippen LogP contribution in [0.2, 0.25) is 0 Å². The van der Waals surface area contributed by atoms with Gasteiger partial charge in [0.1, 0.15) is 17.1 Å². The number of hydrogen-bond acceptors (Lipinski definition) is 4. The lowest BCUT2D eigenvalue weighted by Crippen LogP contribution is -2.53. The summed E-state index contributed by atoms with van der Waals surface area (Å²) in [7, 11) is 1.65. The van der Waals surface area contributed by atoms with Crippen molar-refractivity contribution in [2.24, 2.45) is 5.92 Å². The molecule has 0 saturated carbocycles. The van der Waals surface area contributed by atoms with E-state index in [1.165, 1.54) is 13.0 Å². The lowest BCUT2D eigenvalue weighted by molar-refractivity contribution is -0.0736. The Hall–Kier alpha value is -1.26. The van der Waals surface area contributed by atoms with Crippen molar-refractivity contribution in [1.29, 1.82) is 0 Å². The number of aliphatic hydroxyl groups is 1. The highest BCUT2D eigenvalue weighted by Crippen LogP contribution is 2.49. The molecule has 3 aliphatic heterocycles. The van der Waals surface area contributed by atoms with Crippen LogP contribution in [0.4, 0.5) is 0 Å². The van der Waals surface area contributed by atoms with Crippen LogP contribution in [0, 0.1) is 5.92 Å². The first-order valence-corrected chi connectivity index (χ1v) is 7.47.